The van der Waals surface area contributed by atoms with Crippen LogP contribution in [0, 0.1) is 0 Å². The molecule has 1 aliphatic carbocycles. The molecule has 0 spiro atoms. The molecule has 1 heteroatoms. The fourth-order valence-corrected chi connectivity index (χ4v) is 0.946. The van der Waals surface area contributed by atoms with Gasteiger partial charge < -0.3 is 0 Å². The van der Waals surface area contributed by atoms with Gasteiger partial charge in [0.2, 0.25) is 0 Å². The Kier molecular flexibility index (Phi) is 3.49. The summed E-state index contributed by atoms with van der Waals surface area (Å²) >= 11 is 0. The summed E-state index contributed by atoms with van der Waals surface area (Å²) < 4.78 is 0. The summed E-state index contributed by atoms with van der Waals surface area (Å²) in [6.07, 6.45) is 5.24. The Morgan fingerprint density at radius 2 is 1.50 bits per heavy atom. The van der Waals surface area contributed by atoms with Crippen molar-refractivity contribution in [2.24, 2.45) is 0 Å². The Balaban J connectivity index is 0.000000490. The highest BCUT2D eigenvalue weighted by Crippen LogP contribution is 2.12. The molecule has 0 aromatic heterocycles. The smallest absolute Gasteiger partial charge is 0.132 e. The average Bonchev–Trinajstić information content (AvgIpc) is 1.69. The van der Waals surface area contributed by atoms with Crippen molar-refractivity contribution in [2.45, 2.75) is 39.5 Å². The maximum absolute atomic E-state index is 10.5. The van der Waals surface area contributed by atoms with E-state index in [1.807, 2.05) is 0 Å². The van der Waals surface area contributed by atoms with Gasteiger partial charge in [-0.1, -0.05) is 13.8 Å². The minimum Gasteiger partial charge on any atom is -0.300 e. The number of carbonyl (C=O) groups is 1. The van der Waals surface area contributed by atoms with Crippen LogP contribution < -0.4 is 0 Å². The third-order valence-electron chi connectivity index (χ3n) is 1.41. The van der Waals surface area contributed by atoms with E-state index in [9.17, 15) is 4.79 Å². The van der Waals surface area contributed by atoms with Crippen LogP contribution in [0.3, 0.4) is 0 Å². The molecule has 1 nitrogen and oxygen atoms in total. The predicted octanol–water partition coefficient (Wildman–Crippen LogP) is 2.16. The molecule has 0 bridgehead atoms. The van der Waals surface area contributed by atoms with Crippen molar-refractivity contribution in [3.8, 4) is 0 Å². The van der Waals surface area contributed by atoms with Gasteiger partial charge in [-0.15, -0.1) is 0 Å². The average molecular weight is 114 g/mol. The topological polar surface area (TPSA) is 17.1 Å². The first-order valence-corrected chi connectivity index (χ1v) is 2.91. The lowest BCUT2D eigenvalue weighted by molar-refractivity contribution is -0.120. The molecule has 0 saturated heterocycles. The second-order valence-electron chi connectivity index (χ2n) is 2.10. The van der Waals surface area contributed by atoms with E-state index < -0.39 is 0 Å². The Morgan fingerprint density at radius 3 is 1.75 bits per heavy atom. The molecular weight excluding hydrogens is 100 g/mol. The molecule has 1 rings (SSSR count). The number of hydrogen-bond acceptors (Lipinski definition) is 1. The van der Waals surface area contributed by atoms with Crippen molar-refractivity contribution < 1.29 is 4.79 Å². The number of rotatable bonds is 0. The van der Waals surface area contributed by atoms with Crippen LogP contribution >= 0.6 is 0 Å². The lowest BCUT2D eigenvalue weighted by Gasteiger charge is -2.05. The molecule has 48 valence electrons. The molecule has 1 fully saturated rings. The maximum Gasteiger partial charge on any atom is 0.132 e. The molecule has 1 saturated carbocycles. The van der Waals surface area contributed by atoms with E-state index in [2.05, 4.69) is 0 Å². The van der Waals surface area contributed by atoms with Crippen LogP contribution in [0.4, 0.5) is 0 Å². The van der Waals surface area contributed by atoms with Crippen LogP contribution in [-0.4, -0.2) is 5.78 Å². The molecular formula is C7H14O. The largest absolute Gasteiger partial charge is 0.300 e. The van der Waals surface area contributed by atoms with E-state index in [0.29, 0.717) is 5.78 Å². The van der Waals surface area contributed by atoms with E-state index in [1.54, 1.807) is 0 Å². The van der Waals surface area contributed by atoms with Crippen LogP contribution in [-0.2, 0) is 4.79 Å². The monoisotopic (exact) mass is 114 g/mol. The summed E-state index contributed by atoms with van der Waals surface area (Å²) in [6.45, 7) is 0. The van der Waals surface area contributed by atoms with Crippen LogP contribution in [0.2, 0.25) is 0 Å². The zero-order chi connectivity index (χ0) is 5.11. The highest BCUT2D eigenvalue weighted by atomic mass is 16.1. The summed E-state index contributed by atoms with van der Waals surface area (Å²) in [5, 5.41) is 0. The van der Waals surface area contributed by atoms with E-state index in [4.69, 9.17) is 0 Å². The maximum atomic E-state index is 10.5. The van der Waals surface area contributed by atoms with Crippen LogP contribution in [0.15, 0.2) is 0 Å². The SMILES string of the molecule is C.O=C1CCCCC1. The highest BCUT2D eigenvalue weighted by Gasteiger charge is 2.05. The summed E-state index contributed by atoms with van der Waals surface area (Å²) in [7, 11) is 0. The first-order valence-electron chi connectivity index (χ1n) is 2.91. The van der Waals surface area contributed by atoms with Gasteiger partial charge in [0.05, 0.1) is 0 Å². The van der Waals surface area contributed by atoms with E-state index in [-0.39, 0.29) is 7.43 Å². The van der Waals surface area contributed by atoms with Gasteiger partial charge in [-0.25, -0.2) is 0 Å². The van der Waals surface area contributed by atoms with Gasteiger partial charge in [-0.05, 0) is 12.8 Å². The Bertz CT molecular complexity index is 68.5. The predicted molar refractivity (Wildman–Crippen MR) is 34.8 cm³/mol. The first-order chi connectivity index (χ1) is 3.39. The Hall–Kier alpha value is -0.330. The van der Waals surface area contributed by atoms with E-state index in [1.165, 1.54) is 6.42 Å². The second kappa shape index (κ2) is 3.65. The minimum atomic E-state index is 0. The van der Waals surface area contributed by atoms with Crippen LogP contribution in [0.1, 0.15) is 39.5 Å². The third-order valence-corrected chi connectivity index (χ3v) is 1.41. The molecule has 0 N–H and O–H groups in total. The zero-order valence-corrected chi connectivity index (χ0v) is 4.44. The summed E-state index contributed by atoms with van der Waals surface area (Å²) in [5.74, 6) is 0.464. The molecule has 1 aliphatic rings. The highest BCUT2D eigenvalue weighted by molar-refractivity contribution is 5.78. The van der Waals surface area contributed by atoms with Crippen molar-refractivity contribution in [2.75, 3.05) is 0 Å². The van der Waals surface area contributed by atoms with Crippen molar-refractivity contribution in [3.63, 3.8) is 0 Å². The fourth-order valence-electron chi connectivity index (χ4n) is 0.946. The van der Waals surface area contributed by atoms with Crippen molar-refractivity contribution in [1.82, 2.24) is 0 Å². The molecule has 0 unspecified atom stereocenters. The number of carbonyl (C=O) groups excluding carboxylic acids is 1. The van der Waals surface area contributed by atoms with Crippen molar-refractivity contribution in [3.05, 3.63) is 0 Å². The lowest BCUT2D eigenvalue weighted by atomic mass is 10.00. The lowest BCUT2D eigenvalue weighted by Crippen LogP contribution is -2.02. The Labute approximate surface area is 51.1 Å². The van der Waals surface area contributed by atoms with Gasteiger partial charge >= 0.3 is 0 Å². The van der Waals surface area contributed by atoms with Crippen molar-refractivity contribution in [1.29, 1.82) is 0 Å². The van der Waals surface area contributed by atoms with Gasteiger partial charge in [-0.2, -0.15) is 0 Å². The second-order valence-corrected chi connectivity index (χ2v) is 2.10. The van der Waals surface area contributed by atoms with E-state index >= 15 is 0 Å². The molecule has 0 radical (unpaired) electrons. The summed E-state index contributed by atoms with van der Waals surface area (Å²) in [4.78, 5) is 10.5. The molecule has 0 atom stereocenters. The number of hydrogen-bond donors (Lipinski definition) is 0. The van der Waals surface area contributed by atoms with Gasteiger partial charge in [-0.3, -0.25) is 4.79 Å². The third kappa shape index (κ3) is 2.10. The van der Waals surface area contributed by atoms with Gasteiger partial charge in [0, 0.05) is 12.8 Å². The molecule has 0 aliphatic heterocycles. The van der Waals surface area contributed by atoms with Gasteiger partial charge in [0.25, 0.3) is 0 Å². The summed E-state index contributed by atoms with van der Waals surface area (Å²) in [6, 6.07) is 0. The fraction of sp³-hybridized carbons (Fsp3) is 0.857. The molecule has 0 aromatic carbocycles. The van der Waals surface area contributed by atoms with Gasteiger partial charge in [0.15, 0.2) is 0 Å². The normalized spacial score (nSPS) is 19.8. The molecule has 0 amide bonds. The molecule has 0 aromatic rings. The van der Waals surface area contributed by atoms with Crippen LogP contribution in [0.5, 0.6) is 0 Å². The number of Topliss-reactive ketones (excluding diaryl/α,β-unsaturated/α-hetero) is 1. The standard InChI is InChI=1S/C6H10O.CH4/c7-6-4-2-1-3-5-6;/h1-5H2;1H4. The quantitative estimate of drug-likeness (QED) is 0.471. The first kappa shape index (κ1) is 7.67. The van der Waals surface area contributed by atoms with Crippen LogP contribution in [0.25, 0.3) is 0 Å². The Morgan fingerprint density at radius 1 is 1.00 bits per heavy atom. The number of ketones is 1. The molecule has 8 heavy (non-hydrogen) atoms. The van der Waals surface area contributed by atoms with Crippen molar-refractivity contribution >= 4 is 5.78 Å². The minimum absolute atomic E-state index is 0. The molecule has 0 heterocycles. The zero-order valence-electron chi connectivity index (χ0n) is 4.44. The van der Waals surface area contributed by atoms with E-state index in [0.717, 1.165) is 25.7 Å². The summed E-state index contributed by atoms with van der Waals surface area (Å²) in [5.41, 5.74) is 0. The van der Waals surface area contributed by atoms with Gasteiger partial charge in [0.1, 0.15) is 5.78 Å².